The largest absolute Gasteiger partial charge is 0.493 e. The van der Waals surface area contributed by atoms with Crippen LogP contribution in [0.1, 0.15) is 12.5 Å². The smallest absolute Gasteiger partial charge is 0.240 e. The van der Waals surface area contributed by atoms with Crippen LogP contribution in [0.25, 0.3) is 11.1 Å². The van der Waals surface area contributed by atoms with Crippen molar-refractivity contribution in [1.29, 1.82) is 0 Å². The average molecular weight is 412 g/mol. The van der Waals surface area contributed by atoms with E-state index in [0.717, 1.165) is 16.7 Å². The minimum Gasteiger partial charge on any atom is -0.493 e. The maximum atomic E-state index is 12.6. The second-order valence-electron chi connectivity index (χ2n) is 6.46. The van der Waals surface area contributed by atoms with Crippen LogP contribution in [0.5, 0.6) is 11.5 Å². The predicted molar refractivity (Wildman–Crippen MR) is 115 cm³/mol. The molecule has 0 saturated carbocycles. The molecule has 0 saturated heterocycles. The zero-order valence-electron chi connectivity index (χ0n) is 16.6. The van der Waals surface area contributed by atoms with Gasteiger partial charge in [-0.15, -0.1) is 0 Å². The van der Waals surface area contributed by atoms with Gasteiger partial charge in [0.15, 0.2) is 11.5 Å². The molecule has 0 heterocycles. The zero-order chi connectivity index (χ0) is 20.7. The van der Waals surface area contributed by atoms with E-state index in [1.165, 1.54) is 0 Å². The Morgan fingerprint density at radius 1 is 0.862 bits per heavy atom. The maximum Gasteiger partial charge on any atom is 0.240 e. The molecule has 3 rings (SSSR count). The quantitative estimate of drug-likeness (QED) is 0.571. The van der Waals surface area contributed by atoms with Crippen molar-refractivity contribution in [2.75, 3.05) is 20.3 Å². The molecule has 0 bridgehead atoms. The topological polar surface area (TPSA) is 64.6 Å². The molecule has 0 radical (unpaired) electrons. The molecule has 0 amide bonds. The number of rotatable bonds is 9. The van der Waals surface area contributed by atoms with Crippen LogP contribution < -0.4 is 14.2 Å². The van der Waals surface area contributed by atoms with Gasteiger partial charge in [0.05, 0.1) is 18.6 Å². The molecular weight excluding hydrogens is 386 g/mol. The van der Waals surface area contributed by atoms with Crippen LogP contribution in [-0.4, -0.2) is 28.7 Å². The molecule has 0 fully saturated rings. The van der Waals surface area contributed by atoms with E-state index >= 15 is 0 Å². The summed E-state index contributed by atoms with van der Waals surface area (Å²) in [5.41, 5.74) is 2.99. The van der Waals surface area contributed by atoms with Gasteiger partial charge < -0.3 is 9.47 Å². The van der Waals surface area contributed by atoms with Crippen LogP contribution >= 0.6 is 0 Å². The first-order chi connectivity index (χ1) is 14.0. The Labute approximate surface area is 172 Å². The van der Waals surface area contributed by atoms with Crippen LogP contribution in [0, 0.1) is 0 Å². The molecule has 3 aromatic rings. The third-order valence-corrected chi connectivity index (χ3v) is 5.98. The maximum absolute atomic E-state index is 12.6. The van der Waals surface area contributed by atoms with Gasteiger partial charge in [0.2, 0.25) is 10.0 Å². The summed E-state index contributed by atoms with van der Waals surface area (Å²) in [4.78, 5) is 0.251. The first-order valence-electron chi connectivity index (χ1n) is 9.48. The molecule has 0 aliphatic heterocycles. The highest BCUT2D eigenvalue weighted by Crippen LogP contribution is 2.28. The van der Waals surface area contributed by atoms with E-state index < -0.39 is 10.0 Å². The highest BCUT2D eigenvalue weighted by atomic mass is 32.2. The molecule has 6 heteroatoms. The summed E-state index contributed by atoms with van der Waals surface area (Å²) in [6, 6.07) is 22.4. The zero-order valence-corrected chi connectivity index (χ0v) is 17.4. The Balaban J connectivity index is 1.63. The Morgan fingerprint density at radius 3 is 2.21 bits per heavy atom. The first kappa shape index (κ1) is 20.9. The van der Waals surface area contributed by atoms with E-state index in [0.29, 0.717) is 31.1 Å². The second-order valence-corrected chi connectivity index (χ2v) is 8.22. The predicted octanol–water partition coefficient (Wildman–Crippen LogP) is 4.28. The summed E-state index contributed by atoms with van der Waals surface area (Å²) in [7, 11) is -1.98. The van der Waals surface area contributed by atoms with Crippen molar-refractivity contribution >= 4 is 10.0 Å². The Morgan fingerprint density at radius 2 is 1.55 bits per heavy atom. The minimum absolute atomic E-state index is 0.251. The normalized spacial score (nSPS) is 11.2. The fourth-order valence-corrected chi connectivity index (χ4v) is 4.04. The van der Waals surface area contributed by atoms with Crippen LogP contribution in [-0.2, 0) is 16.4 Å². The second kappa shape index (κ2) is 9.58. The van der Waals surface area contributed by atoms with Crippen LogP contribution in [0.4, 0.5) is 0 Å². The number of ether oxygens (including phenoxy) is 2. The van der Waals surface area contributed by atoms with Gasteiger partial charge in [0.1, 0.15) is 0 Å². The summed E-state index contributed by atoms with van der Waals surface area (Å²) >= 11 is 0. The third kappa shape index (κ3) is 5.37. The van der Waals surface area contributed by atoms with Gasteiger partial charge in [-0.2, -0.15) is 0 Å². The van der Waals surface area contributed by atoms with Gasteiger partial charge in [0, 0.05) is 6.54 Å². The van der Waals surface area contributed by atoms with E-state index in [2.05, 4.69) is 4.72 Å². The molecule has 1 N–H and O–H groups in total. The SMILES string of the molecule is CCOc1ccc(CCNS(=O)(=O)c2ccc(-c3ccccc3)cc2)cc1OC. The van der Waals surface area contributed by atoms with Gasteiger partial charge in [-0.1, -0.05) is 48.5 Å². The van der Waals surface area contributed by atoms with Gasteiger partial charge in [0.25, 0.3) is 0 Å². The Bertz CT molecular complexity index is 1030. The van der Waals surface area contributed by atoms with Gasteiger partial charge in [-0.05, 0) is 54.3 Å². The van der Waals surface area contributed by atoms with E-state index in [1.807, 2.05) is 67.6 Å². The van der Waals surface area contributed by atoms with Crippen molar-refractivity contribution in [3.05, 3.63) is 78.4 Å². The highest BCUT2D eigenvalue weighted by molar-refractivity contribution is 7.89. The summed E-state index contributed by atoms with van der Waals surface area (Å²) in [6.07, 6.45) is 0.546. The molecule has 0 unspecified atom stereocenters. The van der Waals surface area contributed by atoms with Gasteiger partial charge in [-0.3, -0.25) is 0 Å². The lowest BCUT2D eigenvalue weighted by atomic mass is 10.1. The monoisotopic (exact) mass is 411 g/mol. The van der Waals surface area contributed by atoms with E-state index in [-0.39, 0.29) is 4.90 Å². The lowest BCUT2D eigenvalue weighted by Crippen LogP contribution is -2.26. The van der Waals surface area contributed by atoms with Gasteiger partial charge >= 0.3 is 0 Å². The molecule has 0 aliphatic rings. The van der Waals surface area contributed by atoms with E-state index in [4.69, 9.17) is 9.47 Å². The summed E-state index contributed by atoms with van der Waals surface area (Å²) in [5, 5.41) is 0. The summed E-state index contributed by atoms with van der Waals surface area (Å²) in [6.45, 7) is 2.76. The van der Waals surface area contributed by atoms with Crippen molar-refractivity contribution in [1.82, 2.24) is 4.72 Å². The number of benzene rings is 3. The minimum atomic E-state index is -3.57. The lowest BCUT2D eigenvalue weighted by Gasteiger charge is -2.11. The number of hydrogen-bond donors (Lipinski definition) is 1. The molecule has 0 aliphatic carbocycles. The van der Waals surface area contributed by atoms with Crippen molar-refractivity contribution in [3.63, 3.8) is 0 Å². The average Bonchev–Trinajstić information content (AvgIpc) is 2.75. The molecule has 0 atom stereocenters. The van der Waals surface area contributed by atoms with Crippen LogP contribution in [0.2, 0.25) is 0 Å². The van der Waals surface area contributed by atoms with E-state index in [9.17, 15) is 8.42 Å². The third-order valence-electron chi connectivity index (χ3n) is 4.51. The standard InChI is InChI=1S/C23H25NO4S/c1-3-28-22-14-9-18(17-23(22)27-2)15-16-24-29(25,26)21-12-10-20(11-13-21)19-7-5-4-6-8-19/h4-14,17,24H,3,15-16H2,1-2H3. The summed E-state index contributed by atoms with van der Waals surface area (Å²) < 4.78 is 38.7. The van der Waals surface area contributed by atoms with Gasteiger partial charge in [-0.25, -0.2) is 13.1 Å². The van der Waals surface area contributed by atoms with Crippen molar-refractivity contribution in [2.45, 2.75) is 18.2 Å². The molecule has 0 aromatic heterocycles. The lowest BCUT2D eigenvalue weighted by molar-refractivity contribution is 0.310. The molecule has 152 valence electrons. The Kier molecular flexibility index (Phi) is 6.90. The van der Waals surface area contributed by atoms with E-state index in [1.54, 1.807) is 19.2 Å². The first-order valence-corrected chi connectivity index (χ1v) is 11.0. The fraction of sp³-hybridized carbons (Fsp3) is 0.217. The molecule has 5 nitrogen and oxygen atoms in total. The van der Waals surface area contributed by atoms with Crippen LogP contribution in [0.15, 0.2) is 77.7 Å². The van der Waals surface area contributed by atoms with Crippen molar-refractivity contribution in [2.24, 2.45) is 0 Å². The summed E-state index contributed by atoms with van der Waals surface area (Å²) in [5.74, 6) is 1.32. The van der Waals surface area contributed by atoms with Crippen molar-refractivity contribution in [3.8, 4) is 22.6 Å². The molecule has 0 spiro atoms. The highest BCUT2D eigenvalue weighted by Gasteiger charge is 2.14. The number of nitrogens with one attached hydrogen (secondary N) is 1. The van der Waals surface area contributed by atoms with Crippen LogP contribution in [0.3, 0.4) is 0 Å². The fourth-order valence-electron chi connectivity index (χ4n) is 3.01. The molecular formula is C23H25NO4S. The number of methoxy groups -OCH3 is 1. The number of hydrogen-bond acceptors (Lipinski definition) is 4. The molecule has 3 aromatic carbocycles. The van der Waals surface area contributed by atoms with Crippen molar-refractivity contribution < 1.29 is 17.9 Å². The number of sulfonamides is 1. The Hall–Kier alpha value is -2.83. The molecule has 29 heavy (non-hydrogen) atoms.